The molecule has 0 heterocycles. The summed E-state index contributed by atoms with van der Waals surface area (Å²) in [5.41, 5.74) is 1.46. The second kappa shape index (κ2) is 11.0. The standard InChI is InChI=1S/C23H21IN2O3S/c1-16(23(28)26-19-9-7-17(24)8-10-19)30-21-13-11-18(12-14-21)25-22(27)15-29-20-5-3-2-4-6-20/h2-14,16H,15H2,1H3,(H,25,27)(H,26,28). The molecule has 3 aromatic rings. The summed E-state index contributed by atoms with van der Waals surface area (Å²) >= 11 is 3.68. The van der Waals surface area contributed by atoms with E-state index in [1.165, 1.54) is 11.8 Å². The van der Waals surface area contributed by atoms with Gasteiger partial charge in [0.05, 0.1) is 5.25 Å². The lowest BCUT2D eigenvalue weighted by Crippen LogP contribution is -2.22. The van der Waals surface area contributed by atoms with Crippen LogP contribution in [0.3, 0.4) is 0 Å². The van der Waals surface area contributed by atoms with Crippen LogP contribution < -0.4 is 15.4 Å². The number of ether oxygens (including phenoxy) is 1. The average Bonchev–Trinajstić information content (AvgIpc) is 2.76. The molecule has 154 valence electrons. The predicted octanol–water partition coefficient (Wildman–Crippen LogP) is 5.43. The number of amides is 2. The van der Waals surface area contributed by atoms with Crippen LogP contribution in [-0.2, 0) is 9.59 Å². The molecule has 0 fully saturated rings. The number of hydrogen-bond acceptors (Lipinski definition) is 4. The van der Waals surface area contributed by atoms with E-state index in [2.05, 4.69) is 33.2 Å². The van der Waals surface area contributed by atoms with Crippen molar-refractivity contribution in [2.75, 3.05) is 17.2 Å². The molecule has 5 nitrogen and oxygen atoms in total. The Morgan fingerprint density at radius 1 is 0.900 bits per heavy atom. The van der Waals surface area contributed by atoms with Gasteiger partial charge in [-0.1, -0.05) is 18.2 Å². The number of hydrogen-bond donors (Lipinski definition) is 2. The van der Waals surface area contributed by atoms with Gasteiger partial charge in [0.2, 0.25) is 5.91 Å². The highest BCUT2D eigenvalue weighted by molar-refractivity contribution is 14.1. The Kier molecular flexibility index (Phi) is 8.15. The van der Waals surface area contributed by atoms with Gasteiger partial charge in [0.1, 0.15) is 5.75 Å². The van der Waals surface area contributed by atoms with E-state index in [0.29, 0.717) is 11.4 Å². The van der Waals surface area contributed by atoms with Gasteiger partial charge in [-0.05, 0) is 90.2 Å². The van der Waals surface area contributed by atoms with Gasteiger partial charge in [0.25, 0.3) is 5.91 Å². The minimum absolute atomic E-state index is 0.0587. The van der Waals surface area contributed by atoms with Crippen molar-refractivity contribution in [1.29, 1.82) is 0 Å². The van der Waals surface area contributed by atoms with Crippen molar-refractivity contribution in [3.8, 4) is 5.75 Å². The Hall–Kier alpha value is -2.52. The summed E-state index contributed by atoms with van der Waals surface area (Å²) in [6.45, 7) is 1.81. The van der Waals surface area contributed by atoms with Crippen molar-refractivity contribution < 1.29 is 14.3 Å². The van der Waals surface area contributed by atoms with E-state index in [0.717, 1.165) is 14.2 Å². The van der Waals surface area contributed by atoms with E-state index >= 15 is 0 Å². The summed E-state index contributed by atoms with van der Waals surface area (Å²) in [7, 11) is 0. The predicted molar refractivity (Wildman–Crippen MR) is 130 cm³/mol. The van der Waals surface area contributed by atoms with Crippen LogP contribution in [0.2, 0.25) is 0 Å². The number of rotatable bonds is 8. The van der Waals surface area contributed by atoms with Crippen molar-refractivity contribution in [2.45, 2.75) is 17.1 Å². The van der Waals surface area contributed by atoms with E-state index < -0.39 is 0 Å². The van der Waals surface area contributed by atoms with Crippen LogP contribution in [-0.4, -0.2) is 23.7 Å². The topological polar surface area (TPSA) is 67.4 Å². The maximum atomic E-state index is 12.4. The molecule has 0 aromatic heterocycles. The molecule has 0 aliphatic carbocycles. The molecule has 0 aliphatic rings. The molecule has 0 saturated heterocycles. The van der Waals surface area contributed by atoms with Crippen molar-refractivity contribution in [1.82, 2.24) is 0 Å². The van der Waals surface area contributed by atoms with Gasteiger partial charge in [0.15, 0.2) is 6.61 Å². The molecule has 1 unspecified atom stereocenters. The monoisotopic (exact) mass is 532 g/mol. The number of benzene rings is 3. The third kappa shape index (κ3) is 7.07. The lowest BCUT2D eigenvalue weighted by molar-refractivity contribution is -0.118. The fourth-order valence-corrected chi connectivity index (χ4v) is 3.74. The molecule has 30 heavy (non-hydrogen) atoms. The van der Waals surface area contributed by atoms with Gasteiger partial charge >= 0.3 is 0 Å². The van der Waals surface area contributed by atoms with Crippen LogP contribution in [0.1, 0.15) is 6.92 Å². The second-order valence-electron chi connectivity index (χ2n) is 6.43. The molecule has 7 heteroatoms. The second-order valence-corrected chi connectivity index (χ2v) is 9.09. The van der Waals surface area contributed by atoms with E-state index in [4.69, 9.17) is 4.74 Å². The summed E-state index contributed by atoms with van der Waals surface area (Å²) in [6, 6.07) is 24.3. The van der Waals surface area contributed by atoms with Crippen molar-refractivity contribution in [2.24, 2.45) is 0 Å². The molecule has 3 rings (SSSR count). The number of nitrogens with one attached hydrogen (secondary N) is 2. The molecular formula is C23H21IN2O3S. The molecule has 0 radical (unpaired) electrons. The number of thioether (sulfide) groups is 1. The third-order valence-electron chi connectivity index (χ3n) is 4.05. The van der Waals surface area contributed by atoms with Crippen LogP contribution in [0.5, 0.6) is 5.75 Å². The van der Waals surface area contributed by atoms with Crippen molar-refractivity contribution in [3.05, 3.63) is 82.4 Å². The molecule has 0 bridgehead atoms. The lowest BCUT2D eigenvalue weighted by atomic mass is 10.3. The maximum absolute atomic E-state index is 12.4. The molecule has 2 amide bonds. The van der Waals surface area contributed by atoms with E-state index in [-0.39, 0.29) is 23.7 Å². The Balaban J connectivity index is 1.46. The molecule has 0 spiro atoms. The summed E-state index contributed by atoms with van der Waals surface area (Å²) in [6.07, 6.45) is 0. The molecule has 0 aliphatic heterocycles. The van der Waals surface area contributed by atoms with Gasteiger partial charge in [0, 0.05) is 19.8 Å². The highest BCUT2D eigenvalue weighted by Crippen LogP contribution is 2.26. The van der Waals surface area contributed by atoms with E-state index in [1.54, 1.807) is 12.1 Å². The highest BCUT2D eigenvalue weighted by Gasteiger charge is 2.15. The normalized spacial score (nSPS) is 11.4. The first kappa shape index (κ1) is 22.2. The number of halogens is 1. The Labute approximate surface area is 193 Å². The first-order chi connectivity index (χ1) is 14.5. The van der Waals surface area contributed by atoms with E-state index in [9.17, 15) is 9.59 Å². The summed E-state index contributed by atoms with van der Waals surface area (Å²) < 4.78 is 6.55. The van der Waals surface area contributed by atoms with Gasteiger partial charge in [-0.15, -0.1) is 11.8 Å². The van der Waals surface area contributed by atoms with Crippen LogP contribution in [0.4, 0.5) is 11.4 Å². The van der Waals surface area contributed by atoms with Gasteiger partial charge in [-0.2, -0.15) is 0 Å². The molecular weight excluding hydrogens is 511 g/mol. The van der Waals surface area contributed by atoms with Crippen LogP contribution in [0.15, 0.2) is 83.8 Å². The third-order valence-corrected chi connectivity index (χ3v) is 5.88. The zero-order valence-electron chi connectivity index (χ0n) is 16.3. The highest BCUT2D eigenvalue weighted by atomic mass is 127. The largest absolute Gasteiger partial charge is 0.484 e. The minimum Gasteiger partial charge on any atom is -0.484 e. The molecule has 3 aromatic carbocycles. The average molecular weight is 532 g/mol. The Morgan fingerprint density at radius 3 is 2.17 bits per heavy atom. The SMILES string of the molecule is CC(Sc1ccc(NC(=O)COc2ccccc2)cc1)C(=O)Nc1ccc(I)cc1. The van der Waals surface area contributed by atoms with Crippen LogP contribution in [0.25, 0.3) is 0 Å². The summed E-state index contributed by atoms with van der Waals surface area (Å²) in [5.74, 6) is 0.359. The maximum Gasteiger partial charge on any atom is 0.262 e. The minimum atomic E-state index is -0.260. The number of para-hydroxylation sites is 1. The first-order valence-corrected chi connectivity index (χ1v) is 11.3. The lowest BCUT2D eigenvalue weighted by Gasteiger charge is -2.13. The smallest absolute Gasteiger partial charge is 0.262 e. The summed E-state index contributed by atoms with van der Waals surface area (Å²) in [4.78, 5) is 25.4. The fraction of sp³-hybridized carbons (Fsp3) is 0.130. The quantitative estimate of drug-likeness (QED) is 0.300. The first-order valence-electron chi connectivity index (χ1n) is 9.30. The van der Waals surface area contributed by atoms with Crippen LogP contribution in [0, 0.1) is 3.57 Å². The summed E-state index contributed by atoms with van der Waals surface area (Å²) in [5, 5.41) is 5.46. The van der Waals surface area contributed by atoms with Crippen molar-refractivity contribution >= 4 is 57.5 Å². The van der Waals surface area contributed by atoms with Crippen molar-refractivity contribution in [3.63, 3.8) is 0 Å². The van der Waals surface area contributed by atoms with Gasteiger partial charge in [-0.25, -0.2) is 0 Å². The number of carbonyl (C=O) groups is 2. The zero-order valence-corrected chi connectivity index (χ0v) is 19.3. The van der Waals surface area contributed by atoms with Gasteiger partial charge < -0.3 is 15.4 Å². The Morgan fingerprint density at radius 2 is 1.50 bits per heavy atom. The van der Waals surface area contributed by atoms with Gasteiger partial charge in [-0.3, -0.25) is 9.59 Å². The van der Waals surface area contributed by atoms with Crippen LogP contribution >= 0.6 is 34.4 Å². The molecule has 0 saturated carbocycles. The zero-order chi connectivity index (χ0) is 21.3. The fourth-order valence-electron chi connectivity index (χ4n) is 2.51. The Bertz CT molecular complexity index is 980. The van der Waals surface area contributed by atoms with E-state index in [1.807, 2.05) is 73.7 Å². The number of anilines is 2. The molecule has 1 atom stereocenters. The number of carbonyl (C=O) groups excluding carboxylic acids is 2. The molecule has 2 N–H and O–H groups in total.